The second-order valence-corrected chi connectivity index (χ2v) is 2.87. The average Bonchev–Trinajstić information content (AvgIpc) is 1.63. The van der Waals surface area contributed by atoms with Crippen LogP contribution in [0.15, 0.2) is 23.8 Å². The first-order valence-electron chi connectivity index (χ1n) is 3.38. The molecule has 0 N–H and O–H groups in total. The van der Waals surface area contributed by atoms with Crippen molar-refractivity contribution in [3.63, 3.8) is 0 Å². The van der Waals surface area contributed by atoms with Crippen molar-refractivity contribution in [1.82, 2.24) is 0 Å². The summed E-state index contributed by atoms with van der Waals surface area (Å²) < 4.78 is 0. The minimum absolute atomic E-state index is 0.640. The Labute approximate surface area is 58.3 Å². The zero-order valence-corrected chi connectivity index (χ0v) is 6.86. The zero-order chi connectivity index (χ0) is 7.44. The Hall–Kier alpha value is -0.520. The molecule has 0 unspecified atom stereocenters. The predicted molar refractivity (Wildman–Crippen MR) is 43.4 cm³/mol. The lowest BCUT2D eigenvalue weighted by molar-refractivity contribution is 0.823. The first-order chi connectivity index (χ1) is 4.04. The van der Waals surface area contributed by atoms with Crippen molar-refractivity contribution in [2.45, 2.75) is 27.7 Å². The summed E-state index contributed by atoms with van der Waals surface area (Å²) in [7, 11) is 0. The molecule has 0 aromatic rings. The van der Waals surface area contributed by atoms with Crippen LogP contribution in [0.2, 0.25) is 0 Å². The highest BCUT2D eigenvalue weighted by molar-refractivity contribution is 5.23. The largest absolute Gasteiger partial charge is 0.0959 e. The van der Waals surface area contributed by atoms with Gasteiger partial charge in [-0.1, -0.05) is 37.6 Å². The standard InChI is InChI=1S/C9H16/c1-7(2)6-9(5)8(3)4/h6-7H,3H2,1-2,4-5H3. The van der Waals surface area contributed by atoms with Gasteiger partial charge in [0.05, 0.1) is 0 Å². The maximum atomic E-state index is 3.84. The smallest absolute Gasteiger partial charge is 0.0285 e. The van der Waals surface area contributed by atoms with E-state index in [2.05, 4.69) is 33.4 Å². The van der Waals surface area contributed by atoms with E-state index in [9.17, 15) is 0 Å². The third-order valence-corrected chi connectivity index (χ3v) is 1.26. The highest BCUT2D eigenvalue weighted by atomic mass is 14.0. The third kappa shape index (κ3) is 4.01. The summed E-state index contributed by atoms with van der Waals surface area (Å²) >= 11 is 0. The van der Waals surface area contributed by atoms with E-state index in [1.165, 1.54) is 11.1 Å². The van der Waals surface area contributed by atoms with Gasteiger partial charge < -0.3 is 0 Å². The molecule has 9 heavy (non-hydrogen) atoms. The van der Waals surface area contributed by atoms with E-state index in [-0.39, 0.29) is 0 Å². The summed E-state index contributed by atoms with van der Waals surface area (Å²) in [5.41, 5.74) is 2.48. The second-order valence-electron chi connectivity index (χ2n) is 2.87. The van der Waals surface area contributed by atoms with Crippen LogP contribution in [0.5, 0.6) is 0 Å². The molecule has 0 aromatic heterocycles. The van der Waals surface area contributed by atoms with E-state index >= 15 is 0 Å². The molecule has 0 bridgehead atoms. The van der Waals surface area contributed by atoms with Crippen LogP contribution in [0.4, 0.5) is 0 Å². The lowest BCUT2D eigenvalue weighted by atomic mass is 10.1. The molecule has 0 saturated heterocycles. The van der Waals surface area contributed by atoms with Crippen LogP contribution < -0.4 is 0 Å². The Morgan fingerprint density at radius 1 is 1.33 bits per heavy atom. The van der Waals surface area contributed by atoms with Gasteiger partial charge in [0.1, 0.15) is 0 Å². The van der Waals surface area contributed by atoms with Gasteiger partial charge in [-0.05, 0) is 19.8 Å². The van der Waals surface area contributed by atoms with Crippen LogP contribution in [0.25, 0.3) is 0 Å². The van der Waals surface area contributed by atoms with E-state index in [0.717, 1.165) is 0 Å². The van der Waals surface area contributed by atoms with E-state index in [1.54, 1.807) is 0 Å². The average molecular weight is 124 g/mol. The van der Waals surface area contributed by atoms with Gasteiger partial charge in [0, 0.05) is 0 Å². The quantitative estimate of drug-likeness (QED) is 0.496. The molecule has 0 amide bonds. The number of hydrogen-bond acceptors (Lipinski definition) is 0. The van der Waals surface area contributed by atoms with Gasteiger partial charge >= 0.3 is 0 Å². The van der Waals surface area contributed by atoms with E-state index < -0.39 is 0 Å². The maximum absolute atomic E-state index is 3.84. The molecule has 0 aliphatic carbocycles. The fourth-order valence-electron chi connectivity index (χ4n) is 0.642. The molecule has 0 heterocycles. The predicted octanol–water partition coefficient (Wildman–Crippen LogP) is 3.16. The lowest BCUT2D eigenvalue weighted by Gasteiger charge is -2.00. The first-order valence-corrected chi connectivity index (χ1v) is 3.38. The molecule has 0 atom stereocenters. The van der Waals surface area contributed by atoms with Crippen molar-refractivity contribution in [2.75, 3.05) is 0 Å². The van der Waals surface area contributed by atoms with Gasteiger partial charge in [0.25, 0.3) is 0 Å². The molecule has 0 spiro atoms. The molecule has 52 valence electrons. The highest BCUT2D eigenvalue weighted by Gasteiger charge is 1.90. The summed E-state index contributed by atoms with van der Waals surface area (Å²) in [5, 5.41) is 0. The highest BCUT2D eigenvalue weighted by Crippen LogP contribution is 2.08. The molecule has 0 rings (SSSR count). The van der Waals surface area contributed by atoms with E-state index in [1.807, 2.05) is 6.92 Å². The molecule has 0 saturated carbocycles. The van der Waals surface area contributed by atoms with Crippen LogP contribution in [0.1, 0.15) is 27.7 Å². The number of rotatable bonds is 2. The molecule has 0 aliphatic heterocycles. The van der Waals surface area contributed by atoms with Crippen molar-refractivity contribution >= 4 is 0 Å². The minimum Gasteiger partial charge on any atom is -0.0959 e. The van der Waals surface area contributed by atoms with Crippen molar-refractivity contribution in [2.24, 2.45) is 5.92 Å². The fourth-order valence-corrected chi connectivity index (χ4v) is 0.642. The monoisotopic (exact) mass is 124 g/mol. The molecule has 0 radical (unpaired) electrons. The topological polar surface area (TPSA) is 0 Å². The Kier molecular flexibility index (Phi) is 3.29. The number of allylic oxidation sites excluding steroid dienone is 3. The van der Waals surface area contributed by atoms with Gasteiger partial charge in [-0.25, -0.2) is 0 Å². The molecule has 0 heteroatoms. The summed E-state index contributed by atoms with van der Waals surface area (Å²) in [5.74, 6) is 0.640. The number of hydrogen-bond donors (Lipinski definition) is 0. The molecule has 0 nitrogen and oxygen atoms in total. The normalized spacial score (nSPS) is 12.3. The second kappa shape index (κ2) is 3.49. The Balaban J connectivity index is 4.00. The molecule has 0 aliphatic rings. The minimum atomic E-state index is 0.640. The van der Waals surface area contributed by atoms with Crippen LogP contribution in [0.3, 0.4) is 0 Å². The third-order valence-electron chi connectivity index (χ3n) is 1.26. The van der Waals surface area contributed by atoms with Crippen molar-refractivity contribution in [3.8, 4) is 0 Å². The Morgan fingerprint density at radius 2 is 1.78 bits per heavy atom. The van der Waals surface area contributed by atoms with Crippen molar-refractivity contribution < 1.29 is 0 Å². The first kappa shape index (κ1) is 8.48. The van der Waals surface area contributed by atoms with E-state index in [0.29, 0.717) is 5.92 Å². The molecule has 0 fully saturated rings. The van der Waals surface area contributed by atoms with Gasteiger partial charge in [0.2, 0.25) is 0 Å². The maximum Gasteiger partial charge on any atom is -0.0285 e. The van der Waals surface area contributed by atoms with Crippen molar-refractivity contribution in [1.29, 1.82) is 0 Å². The SMILES string of the molecule is C=C(C)C(C)=CC(C)C. The Bertz CT molecular complexity index is 127. The lowest BCUT2D eigenvalue weighted by Crippen LogP contribution is -1.83. The molecule has 0 aromatic carbocycles. The summed E-state index contributed by atoms with van der Waals surface area (Å²) in [4.78, 5) is 0. The van der Waals surface area contributed by atoms with Gasteiger partial charge in [0.15, 0.2) is 0 Å². The Morgan fingerprint density at radius 3 is 1.89 bits per heavy atom. The van der Waals surface area contributed by atoms with E-state index in [4.69, 9.17) is 0 Å². The van der Waals surface area contributed by atoms with Crippen molar-refractivity contribution in [3.05, 3.63) is 23.8 Å². The van der Waals surface area contributed by atoms with Crippen LogP contribution in [-0.4, -0.2) is 0 Å². The van der Waals surface area contributed by atoms with Crippen LogP contribution in [-0.2, 0) is 0 Å². The van der Waals surface area contributed by atoms with Gasteiger partial charge in [-0.15, -0.1) is 0 Å². The van der Waals surface area contributed by atoms with Crippen LogP contribution in [0, 0.1) is 5.92 Å². The molecular formula is C9H16. The summed E-state index contributed by atoms with van der Waals surface area (Å²) in [6.07, 6.45) is 2.22. The summed E-state index contributed by atoms with van der Waals surface area (Å²) in [6.45, 7) is 12.3. The molecular weight excluding hydrogens is 108 g/mol. The summed E-state index contributed by atoms with van der Waals surface area (Å²) in [6, 6.07) is 0. The fraction of sp³-hybridized carbons (Fsp3) is 0.556. The van der Waals surface area contributed by atoms with Crippen LogP contribution >= 0.6 is 0 Å². The zero-order valence-electron chi connectivity index (χ0n) is 6.86. The van der Waals surface area contributed by atoms with Gasteiger partial charge in [-0.3, -0.25) is 0 Å². The van der Waals surface area contributed by atoms with Gasteiger partial charge in [-0.2, -0.15) is 0 Å².